The van der Waals surface area contributed by atoms with Crippen LogP contribution in [0.3, 0.4) is 0 Å². The zero-order valence-electron chi connectivity index (χ0n) is 13.6. The maximum absolute atomic E-state index is 13.0. The van der Waals surface area contributed by atoms with Crippen LogP contribution in [0.15, 0.2) is 18.2 Å². The second kappa shape index (κ2) is 5.91. The van der Waals surface area contributed by atoms with E-state index in [0.717, 1.165) is 18.4 Å². The largest absolute Gasteiger partial charge is 0.480 e. The lowest BCUT2D eigenvalue weighted by Gasteiger charge is -2.24. The molecule has 0 saturated carbocycles. The Morgan fingerprint density at radius 2 is 1.96 bits per heavy atom. The first-order chi connectivity index (χ1) is 11.3. The summed E-state index contributed by atoms with van der Waals surface area (Å²) in [6, 6.07) is 4.16. The Morgan fingerprint density at radius 1 is 1.36 bits per heavy atom. The van der Waals surface area contributed by atoms with E-state index in [1.165, 1.54) is 6.07 Å². The number of benzene rings is 1. The summed E-state index contributed by atoms with van der Waals surface area (Å²) >= 11 is 0. The molecule has 1 saturated heterocycles. The number of hydrogen-bond acceptors (Lipinski definition) is 5. The van der Waals surface area contributed by atoms with Crippen LogP contribution >= 0.6 is 0 Å². The van der Waals surface area contributed by atoms with Crippen LogP contribution in [0.1, 0.15) is 25.0 Å². The van der Waals surface area contributed by atoms with Gasteiger partial charge in [0.25, 0.3) is 5.91 Å². The number of hydrogen-bond donors (Lipinski definition) is 0. The maximum atomic E-state index is 13.0. The molecule has 0 spiro atoms. The van der Waals surface area contributed by atoms with Gasteiger partial charge >= 0.3 is 6.18 Å². The second-order valence-corrected chi connectivity index (χ2v) is 8.32. The number of nitrogens with zero attached hydrogens (tertiary/aromatic N) is 2. The minimum Gasteiger partial charge on any atom is -0.480 e. The highest BCUT2D eigenvalue weighted by atomic mass is 32.2. The summed E-state index contributed by atoms with van der Waals surface area (Å²) in [4.78, 5) is 12.3. The fourth-order valence-electron chi connectivity index (χ4n) is 2.55. The lowest BCUT2D eigenvalue weighted by molar-refractivity contribution is -0.137. The summed E-state index contributed by atoms with van der Waals surface area (Å²) in [6.07, 6.45) is -5.16. The first-order valence-corrected chi connectivity index (χ1v) is 8.92. The van der Waals surface area contributed by atoms with E-state index in [1.54, 1.807) is 13.8 Å². The minimum atomic E-state index is -4.77. The molecule has 1 atom stereocenters. The average molecular weight is 376 g/mol. The van der Waals surface area contributed by atoms with Crippen molar-refractivity contribution in [3.8, 4) is 11.8 Å². The number of ether oxygens (including phenoxy) is 1. The van der Waals surface area contributed by atoms with Crippen LogP contribution in [0.4, 0.5) is 13.2 Å². The SMILES string of the molecule is CC1(C)CN(S(C)(=O)=O)C(=O)C1Oc1ccc(C#N)c(C(F)(F)F)c1. The number of sulfonamides is 1. The molecule has 0 N–H and O–H groups in total. The molecular formula is C15H15F3N2O4S. The van der Waals surface area contributed by atoms with E-state index >= 15 is 0 Å². The number of carbonyl (C=O) groups excluding carboxylic acids is 1. The molecular weight excluding hydrogens is 361 g/mol. The first kappa shape index (κ1) is 19.1. The van der Waals surface area contributed by atoms with Crippen molar-refractivity contribution in [2.24, 2.45) is 5.41 Å². The average Bonchev–Trinajstić information content (AvgIpc) is 2.69. The molecule has 1 unspecified atom stereocenters. The van der Waals surface area contributed by atoms with Crippen molar-refractivity contribution in [1.82, 2.24) is 4.31 Å². The van der Waals surface area contributed by atoms with Gasteiger partial charge in [0.05, 0.1) is 23.5 Å². The number of alkyl halides is 3. The van der Waals surface area contributed by atoms with Gasteiger partial charge in [-0.3, -0.25) is 4.79 Å². The van der Waals surface area contributed by atoms with Gasteiger partial charge in [-0.05, 0) is 18.2 Å². The van der Waals surface area contributed by atoms with Gasteiger partial charge in [0.2, 0.25) is 10.0 Å². The Hall–Kier alpha value is -2.28. The summed E-state index contributed by atoms with van der Waals surface area (Å²) in [6.45, 7) is 3.02. The van der Waals surface area contributed by atoms with Gasteiger partial charge in [-0.2, -0.15) is 18.4 Å². The standard InChI is InChI=1S/C15H15F3N2O4S/c1-14(2)8-20(25(3,22)23)13(21)12(14)24-10-5-4-9(7-19)11(6-10)15(16,17)18/h4-6,12H,8H2,1-3H3. The van der Waals surface area contributed by atoms with Crippen molar-refractivity contribution < 1.29 is 31.1 Å². The molecule has 25 heavy (non-hydrogen) atoms. The molecule has 10 heteroatoms. The van der Waals surface area contributed by atoms with Gasteiger partial charge in [0, 0.05) is 12.0 Å². The van der Waals surface area contributed by atoms with Crippen LogP contribution in [0, 0.1) is 16.7 Å². The van der Waals surface area contributed by atoms with Gasteiger partial charge in [-0.1, -0.05) is 13.8 Å². The normalized spacial score (nSPS) is 20.4. The molecule has 2 rings (SSSR count). The Kier molecular flexibility index (Phi) is 4.50. The highest BCUT2D eigenvalue weighted by Crippen LogP contribution is 2.38. The lowest BCUT2D eigenvalue weighted by Crippen LogP contribution is -2.38. The van der Waals surface area contributed by atoms with Gasteiger partial charge in [0.15, 0.2) is 6.10 Å². The predicted octanol–water partition coefficient (Wildman–Crippen LogP) is 2.15. The van der Waals surface area contributed by atoms with E-state index in [9.17, 15) is 26.4 Å². The molecule has 0 bridgehead atoms. The number of carbonyl (C=O) groups is 1. The highest BCUT2D eigenvalue weighted by molar-refractivity contribution is 7.88. The fraction of sp³-hybridized carbons (Fsp3) is 0.467. The van der Waals surface area contributed by atoms with Crippen LogP contribution in [-0.4, -0.2) is 37.5 Å². The number of rotatable bonds is 3. The Balaban J connectivity index is 2.40. The molecule has 1 aliphatic heterocycles. The van der Waals surface area contributed by atoms with Gasteiger partial charge in [-0.15, -0.1) is 0 Å². The van der Waals surface area contributed by atoms with Crippen LogP contribution in [0.25, 0.3) is 0 Å². The molecule has 1 amide bonds. The van der Waals surface area contributed by atoms with Crippen molar-refractivity contribution in [2.45, 2.75) is 26.1 Å². The minimum absolute atomic E-state index is 0.141. The van der Waals surface area contributed by atoms with E-state index in [2.05, 4.69) is 0 Å². The van der Waals surface area contributed by atoms with Crippen LogP contribution in [0.2, 0.25) is 0 Å². The lowest BCUT2D eigenvalue weighted by atomic mass is 9.89. The topological polar surface area (TPSA) is 87.5 Å². The monoisotopic (exact) mass is 376 g/mol. The maximum Gasteiger partial charge on any atom is 0.417 e. The van der Waals surface area contributed by atoms with Gasteiger partial charge in [-0.25, -0.2) is 12.7 Å². The van der Waals surface area contributed by atoms with Crippen LogP contribution < -0.4 is 4.74 Å². The van der Waals surface area contributed by atoms with E-state index in [0.29, 0.717) is 10.4 Å². The summed E-state index contributed by atoms with van der Waals surface area (Å²) in [5, 5.41) is 8.79. The number of amides is 1. The molecule has 1 aromatic rings. The van der Waals surface area contributed by atoms with Crippen LogP contribution in [-0.2, 0) is 21.0 Å². The third-order valence-electron chi connectivity index (χ3n) is 3.80. The van der Waals surface area contributed by atoms with Gasteiger partial charge in [0.1, 0.15) is 5.75 Å². The first-order valence-electron chi connectivity index (χ1n) is 7.07. The van der Waals surface area contributed by atoms with Crippen molar-refractivity contribution in [3.05, 3.63) is 29.3 Å². The Morgan fingerprint density at radius 3 is 2.40 bits per heavy atom. The molecule has 6 nitrogen and oxygen atoms in total. The van der Waals surface area contributed by atoms with E-state index in [4.69, 9.17) is 10.00 Å². The molecule has 0 radical (unpaired) electrons. The second-order valence-electron chi connectivity index (χ2n) is 6.41. The zero-order chi connectivity index (χ0) is 19.2. The number of halogens is 3. The quantitative estimate of drug-likeness (QED) is 0.807. The fourth-order valence-corrected chi connectivity index (χ4v) is 3.54. The third-order valence-corrected chi connectivity index (χ3v) is 4.91. The molecule has 1 heterocycles. The Bertz CT molecular complexity index is 857. The molecule has 1 aliphatic rings. The van der Waals surface area contributed by atoms with Crippen molar-refractivity contribution in [3.63, 3.8) is 0 Å². The molecule has 0 aromatic heterocycles. The van der Waals surface area contributed by atoms with E-state index in [1.807, 2.05) is 0 Å². The third kappa shape index (κ3) is 3.71. The number of nitriles is 1. The predicted molar refractivity (Wildman–Crippen MR) is 80.9 cm³/mol. The highest BCUT2D eigenvalue weighted by Gasteiger charge is 2.51. The van der Waals surface area contributed by atoms with E-state index < -0.39 is 44.8 Å². The molecule has 1 aromatic carbocycles. The molecule has 136 valence electrons. The smallest absolute Gasteiger partial charge is 0.417 e. The summed E-state index contributed by atoms with van der Waals surface area (Å²) in [5.74, 6) is -1.11. The zero-order valence-corrected chi connectivity index (χ0v) is 14.4. The molecule has 1 fully saturated rings. The van der Waals surface area contributed by atoms with E-state index in [-0.39, 0.29) is 12.3 Å². The van der Waals surface area contributed by atoms with Crippen molar-refractivity contribution in [1.29, 1.82) is 5.26 Å². The van der Waals surface area contributed by atoms with Crippen LogP contribution in [0.5, 0.6) is 5.75 Å². The Labute approximate surface area is 142 Å². The van der Waals surface area contributed by atoms with Gasteiger partial charge < -0.3 is 4.74 Å². The summed E-state index contributed by atoms with van der Waals surface area (Å²) in [5.41, 5.74) is -2.70. The summed E-state index contributed by atoms with van der Waals surface area (Å²) < 4.78 is 68.4. The van der Waals surface area contributed by atoms with Crippen molar-refractivity contribution >= 4 is 15.9 Å². The molecule has 0 aliphatic carbocycles. The van der Waals surface area contributed by atoms with Crippen molar-refractivity contribution in [2.75, 3.05) is 12.8 Å². The summed E-state index contributed by atoms with van der Waals surface area (Å²) in [7, 11) is -3.81.